The van der Waals surface area contributed by atoms with Crippen LogP contribution in [0, 0.1) is 0 Å². The van der Waals surface area contributed by atoms with Gasteiger partial charge >= 0.3 is 0 Å². The second kappa shape index (κ2) is 8.93. The molecule has 4 nitrogen and oxygen atoms in total. The Labute approximate surface area is 99.1 Å². The van der Waals surface area contributed by atoms with Crippen LogP contribution in [0.3, 0.4) is 0 Å². The zero-order valence-corrected chi connectivity index (χ0v) is 10.5. The van der Waals surface area contributed by atoms with Gasteiger partial charge in [0, 0.05) is 32.8 Å². The Morgan fingerprint density at radius 3 is 2.88 bits per heavy atom. The lowest BCUT2D eigenvalue weighted by Crippen LogP contribution is -2.44. The Hall–Kier alpha value is -0.160. The van der Waals surface area contributed by atoms with Gasteiger partial charge < -0.3 is 15.2 Å². The number of methoxy groups -OCH3 is 1. The van der Waals surface area contributed by atoms with Crippen molar-refractivity contribution in [1.29, 1.82) is 0 Å². The van der Waals surface area contributed by atoms with Crippen molar-refractivity contribution in [2.75, 3.05) is 46.6 Å². The van der Waals surface area contributed by atoms with Crippen LogP contribution in [-0.2, 0) is 9.47 Å². The summed E-state index contributed by atoms with van der Waals surface area (Å²) in [5.41, 5.74) is 5.77. The number of rotatable bonds is 8. The maximum atomic E-state index is 5.77. The van der Waals surface area contributed by atoms with Gasteiger partial charge in [0.25, 0.3) is 0 Å². The highest BCUT2D eigenvalue weighted by molar-refractivity contribution is 4.77. The van der Waals surface area contributed by atoms with Crippen LogP contribution in [0.4, 0.5) is 0 Å². The molecule has 0 spiro atoms. The average Bonchev–Trinajstić information content (AvgIpc) is 2.34. The fourth-order valence-electron chi connectivity index (χ4n) is 2.24. The van der Waals surface area contributed by atoms with Gasteiger partial charge in [-0.3, -0.25) is 4.90 Å². The van der Waals surface area contributed by atoms with E-state index < -0.39 is 0 Å². The third-order valence-electron chi connectivity index (χ3n) is 3.19. The summed E-state index contributed by atoms with van der Waals surface area (Å²) in [6.45, 7) is 5.35. The van der Waals surface area contributed by atoms with E-state index in [0.29, 0.717) is 19.3 Å². The highest BCUT2D eigenvalue weighted by atomic mass is 16.5. The quantitative estimate of drug-likeness (QED) is 0.628. The summed E-state index contributed by atoms with van der Waals surface area (Å²) < 4.78 is 10.4. The van der Waals surface area contributed by atoms with Crippen LogP contribution in [0.2, 0.25) is 0 Å². The molecule has 1 heterocycles. The summed E-state index contributed by atoms with van der Waals surface area (Å²) in [6.07, 6.45) is 5.02. The van der Waals surface area contributed by atoms with Crippen LogP contribution in [-0.4, -0.2) is 57.5 Å². The molecule has 0 amide bonds. The lowest BCUT2D eigenvalue weighted by Gasteiger charge is -2.34. The standard InChI is InChI=1S/C12H26N2O2/c1-15-9-10-16-8-4-7-14-6-3-2-5-12(14)11-13/h12H,2-11,13H2,1H3. The van der Waals surface area contributed by atoms with Gasteiger partial charge in [-0.25, -0.2) is 0 Å². The van der Waals surface area contributed by atoms with Gasteiger partial charge in [0.15, 0.2) is 0 Å². The van der Waals surface area contributed by atoms with Crippen molar-refractivity contribution in [3.63, 3.8) is 0 Å². The molecule has 16 heavy (non-hydrogen) atoms. The number of nitrogens with two attached hydrogens (primary N) is 1. The van der Waals surface area contributed by atoms with Gasteiger partial charge in [-0.15, -0.1) is 0 Å². The van der Waals surface area contributed by atoms with E-state index in [2.05, 4.69) is 4.90 Å². The molecule has 0 bridgehead atoms. The Bertz CT molecular complexity index is 167. The van der Waals surface area contributed by atoms with Gasteiger partial charge in [-0.05, 0) is 25.8 Å². The third-order valence-corrected chi connectivity index (χ3v) is 3.19. The maximum Gasteiger partial charge on any atom is 0.0700 e. The first kappa shape index (κ1) is 13.9. The van der Waals surface area contributed by atoms with Crippen molar-refractivity contribution in [3.8, 4) is 0 Å². The minimum absolute atomic E-state index is 0.604. The molecule has 1 unspecified atom stereocenters. The van der Waals surface area contributed by atoms with Crippen LogP contribution in [0.25, 0.3) is 0 Å². The van der Waals surface area contributed by atoms with E-state index >= 15 is 0 Å². The molecule has 2 N–H and O–H groups in total. The number of likely N-dealkylation sites (tertiary alicyclic amines) is 1. The van der Waals surface area contributed by atoms with Crippen LogP contribution < -0.4 is 5.73 Å². The molecule has 0 aliphatic carbocycles. The zero-order chi connectivity index (χ0) is 11.6. The van der Waals surface area contributed by atoms with E-state index in [1.807, 2.05) is 0 Å². The van der Waals surface area contributed by atoms with Gasteiger partial charge in [-0.2, -0.15) is 0 Å². The lowest BCUT2D eigenvalue weighted by molar-refractivity contribution is 0.0600. The first-order chi connectivity index (χ1) is 7.88. The second-order valence-electron chi connectivity index (χ2n) is 4.38. The minimum atomic E-state index is 0.604. The third kappa shape index (κ3) is 5.25. The molecule has 0 aromatic heterocycles. The number of hydrogen-bond acceptors (Lipinski definition) is 4. The molecule has 1 aliphatic rings. The average molecular weight is 230 g/mol. The van der Waals surface area contributed by atoms with E-state index in [0.717, 1.165) is 26.1 Å². The summed E-state index contributed by atoms with van der Waals surface area (Å²) in [4.78, 5) is 2.52. The highest BCUT2D eigenvalue weighted by Crippen LogP contribution is 2.15. The Kier molecular flexibility index (Phi) is 7.76. The zero-order valence-electron chi connectivity index (χ0n) is 10.5. The summed E-state index contributed by atoms with van der Waals surface area (Å²) in [6, 6.07) is 0.604. The fourth-order valence-corrected chi connectivity index (χ4v) is 2.24. The molecular weight excluding hydrogens is 204 g/mol. The van der Waals surface area contributed by atoms with E-state index in [1.54, 1.807) is 7.11 Å². The smallest absolute Gasteiger partial charge is 0.0700 e. The molecule has 4 heteroatoms. The fraction of sp³-hybridized carbons (Fsp3) is 1.00. The molecule has 0 aromatic rings. The second-order valence-corrected chi connectivity index (χ2v) is 4.38. The van der Waals surface area contributed by atoms with E-state index in [-0.39, 0.29) is 0 Å². The Morgan fingerprint density at radius 1 is 1.25 bits per heavy atom. The predicted molar refractivity (Wildman–Crippen MR) is 65.6 cm³/mol. The molecular formula is C12H26N2O2. The molecule has 1 saturated heterocycles. The highest BCUT2D eigenvalue weighted by Gasteiger charge is 2.19. The maximum absolute atomic E-state index is 5.77. The molecule has 0 saturated carbocycles. The van der Waals surface area contributed by atoms with E-state index in [1.165, 1.54) is 25.8 Å². The molecule has 1 rings (SSSR count). The molecule has 0 aromatic carbocycles. The first-order valence-electron chi connectivity index (χ1n) is 6.39. The van der Waals surface area contributed by atoms with Crippen molar-refractivity contribution in [3.05, 3.63) is 0 Å². The van der Waals surface area contributed by atoms with Crippen LogP contribution in [0.5, 0.6) is 0 Å². The SMILES string of the molecule is COCCOCCCN1CCCCC1CN. The van der Waals surface area contributed by atoms with Gasteiger partial charge in [0.2, 0.25) is 0 Å². The number of ether oxygens (including phenoxy) is 2. The van der Waals surface area contributed by atoms with E-state index in [4.69, 9.17) is 15.2 Å². The molecule has 1 atom stereocenters. The number of nitrogens with zero attached hydrogens (tertiary/aromatic N) is 1. The Morgan fingerprint density at radius 2 is 2.12 bits per heavy atom. The van der Waals surface area contributed by atoms with Crippen LogP contribution in [0.1, 0.15) is 25.7 Å². The van der Waals surface area contributed by atoms with E-state index in [9.17, 15) is 0 Å². The summed E-state index contributed by atoms with van der Waals surface area (Å²) in [5.74, 6) is 0. The predicted octanol–water partition coefficient (Wildman–Crippen LogP) is 0.853. The summed E-state index contributed by atoms with van der Waals surface area (Å²) in [7, 11) is 1.70. The summed E-state index contributed by atoms with van der Waals surface area (Å²) >= 11 is 0. The minimum Gasteiger partial charge on any atom is -0.382 e. The normalized spacial score (nSPS) is 22.5. The van der Waals surface area contributed by atoms with Gasteiger partial charge in [0.05, 0.1) is 13.2 Å². The number of hydrogen-bond donors (Lipinski definition) is 1. The largest absolute Gasteiger partial charge is 0.382 e. The van der Waals surface area contributed by atoms with Crippen molar-refractivity contribution in [2.24, 2.45) is 5.73 Å². The Balaban J connectivity index is 2.02. The van der Waals surface area contributed by atoms with Crippen molar-refractivity contribution in [2.45, 2.75) is 31.7 Å². The molecule has 96 valence electrons. The van der Waals surface area contributed by atoms with Crippen molar-refractivity contribution >= 4 is 0 Å². The van der Waals surface area contributed by atoms with Gasteiger partial charge in [-0.1, -0.05) is 6.42 Å². The summed E-state index contributed by atoms with van der Waals surface area (Å²) in [5, 5.41) is 0. The molecule has 0 radical (unpaired) electrons. The first-order valence-corrected chi connectivity index (χ1v) is 6.39. The van der Waals surface area contributed by atoms with Crippen LogP contribution >= 0.6 is 0 Å². The van der Waals surface area contributed by atoms with Crippen molar-refractivity contribution in [1.82, 2.24) is 4.90 Å². The molecule has 1 fully saturated rings. The van der Waals surface area contributed by atoms with Crippen LogP contribution in [0.15, 0.2) is 0 Å². The monoisotopic (exact) mass is 230 g/mol. The van der Waals surface area contributed by atoms with Crippen molar-refractivity contribution < 1.29 is 9.47 Å². The van der Waals surface area contributed by atoms with Gasteiger partial charge in [0.1, 0.15) is 0 Å². The topological polar surface area (TPSA) is 47.7 Å². The molecule has 1 aliphatic heterocycles. The lowest BCUT2D eigenvalue weighted by atomic mass is 10.0. The number of piperidine rings is 1.